The predicted molar refractivity (Wildman–Crippen MR) is 85.2 cm³/mol. The fraction of sp³-hybridized carbons (Fsp3) is 0.625. The number of hydrogen-bond acceptors (Lipinski definition) is 4. The van der Waals surface area contributed by atoms with Crippen molar-refractivity contribution < 1.29 is 4.79 Å². The third-order valence-corrected chi connectivity index (χ3v) is 3.86. The van der Waals surface area contributed by atoms with Crippen LogP contribution in [0.2, 0.25) is 0 Å². The van der Waals surface area contributed by atoms with Crippen LogP contribution in [-0.4, -0.2) is 53.4 Å². The average Bonchev–Trinajstić information content (AvgIpc) is 2.72. The van der Waals surface area contributed by atoms with Crippen LogP contribution >= 0.6 is 0 Å². The highest BCUT2D eigenvalue weighted by Gasteiger charge is 2.17. The van der Waals surface area contributed by atoms with Gasteiger partial charge in [0.15, 0.2) is 0 Å². The molecule has 2 rings (SSSR count). The summed E-state index contributed by atoms with van der Waals surface area (Å²) < 4.78 is 0. The van der Waals surface area contributed by atoms with Crippen molar-refractivity contribution in [1.82, 2.24) is 14.8 Å². The molecule has 1 amide bonds. The fourth-order valence-electron chi connectivity index (χ4n) is 2.65. The number of nitrogens with one attached hydrogen (secondary N) is 1. The number of nitrogens with zero attached hydrogens (tertiary/aromatic N) is 3. The van der Waals surface area contributed by atoms with Crippen molar-refractivity contribution in [1.29, 1.82) is 0 Å². The molecule has 2 heterocycles. The van der Waals surface area contributed by atoms with Gasteiger partial charge in [0.2, 0.25) is 5.91 Å². The smallest absolute Gasteiger partial charge is 0.219 e. The van der Waals surface area contributed by atoms with Crippen molar-refractivity contribution in [2.45, 2.75) is 33.2 Å². The number of amides is 1. The van der Waals surface area contributed by atoms with Crippen LogP contribution in [-0.2, 0) is 11.3 Å². The molecule has 1 fully saturated rings. The number of hydrogen-bond donors (Lipinski definition) is 1. The highest BCUT2D eigenvalue weighted by molar-refractivity contribution is 5.73. The second kappa shape index (κ2) is 7.98. The van der Waals surface area contributed by atoms with Crippen LogP contribution in [0.15, 0.2) is 18.3 Å². The summed E-state index contributed by atoms with van der Waals surface area (Å²) in [5.74, 6) is 1.18. The Bertz CT molecular complexity index is 463. The van der Waals surface area contributed by atoms with Crippen LogP contribution in [0.3, 0.4) is 0 Å². The summed E-state index contributed by atoms with van der Waals surface area (Å²) in [4.78, 5) is 20.3. The van der Waals surface area contributed by atoms with Crippen molar-refractivity contribution in [3.05, 3.63) is 23.9 Å². The van der Waals surface area contributed by atoms with E-state index in [2.05, 4.69) is 28.2 Å². The number of carbonyl (C=O) groups excluding carboxylic acids is 1. The summed E-state index contributed by atoms with van der Waals surface area (Å²) in [7, 11) is 0. The first-order chi connectivity index (χ1) is 10.2. The van der Waals surface area contributed by atoms with Crippen molar-refractivity contribution in [2.75, 3.05) is 38.0 Å². The van der Waals surface area contributed by atoms with E-state index in [0.717, 1.165) is 57.9 Å². The largest absolute Gasteiger partial charge is 0.370 e. The number of rotatable bonds is 5. The molecule has 5 heteroatoms. The normalized spacial score (nSPS) is 16.6. The van der Waals surface area contributed by atoms with Gasteiger partial charge in [-0.1, -0.05) is 13.0 Å². The lowest BCUT2D eigenvalue weighted by atomic mass is 10.2. The Hall–Kier alpha value is -1.62. The van der Waals surface area contributed by atoms with E-state index >= 15 is 0 Å². The minimum absolute atomic E-state index is 0.184. The lowest BCUT2D eigenvalue weighted by molar-refractivity contribution is -0.128. The zero-order valence-electron chi connectivity index (χ0n) is 13.1. The van der Waals surface area contributed by atoms with E-state index in [4.69, 9.17) is 0 Å². The molecule has 0 atom stereocenters. The molecule has 0 aromatic carbocycles. The molecule has 1 aliphatic rings. The molecule has 1 N–H and O–H groups in total. The summed E-state index contributed by atoms with van der Waals surface area (Å²) >= 11 is 0. The molecule has 0 radical (unpaired) electrons. The Morgan fingerprint density at radius 1 is 1.33 bits per heavy atom. The number of pyridine rings is 1. The average molecular weight is 290 g/mol. The van der Waals surface area contributed by atoms with Gasteiger partial charge in [0.25, 0.3) is 0 Å². The molecular weight excluding hydrogens is 264 g/mol. The van der Waals surface area contributed by atoms with Gasteiger partial charge in [-0.05, 0) is 18.9 Å². The maximum absolute atomic E-state index is 11.5. The minimum Gasteiger partial charge on any atom is -0.370 e. The summed E-state index contributed by atoms with van der Waals surface area (Å²) in [6.45, 7) is 9.32. The van der Waals surface area contributed by atoms with Gasteiger partial charge in [0.05, 0.1) is 0 Å². The van der Waals surface area contributed by atoms with Gasteiger partial charge in [-0.25, -0.2) is 4.98 Å². The molecule has 1 aromatic heterocycles. The van der Waals surface area contributed by atoms with Crippen LogP contribution in [0, 0.1) is 0 Å². The number of aromatic nitrogens is 1. The fourth-order valence-corrected chi connectivity index (χ4v) is 2.65. The van der Waals surface area contributed by atoms with E-state index in [0.29, 0.717) is 0 Å². The van der Waals surface area contributed by atoms with Gasteiger partial charge in [-0.3, -0.25) is 9.69 Å². The Labute approximate surface area is 127 Å². The van der Waals surface area contributed by atoms with Crippen molar-refractivity contribution in [3.63, 3.8) is 0 Å². The molecular formula is C16H26N4O. The zero-order chi connectivity index (χ0) is 15.1. The first-order valence-electron chi connectivity index (χ1n) is 7.86. The summed E-state index contributed by atoms with van der Waals surface area (Å²) in [6.07, 6.45) is 3.96. The summed E-state index contributed by atoms with van der Waals surface area (Å²) in [6, 6.07) is 4.13. The van der Waals surface area contributed by atoms with Gasteiger partial charge < -0.3 is 10.2 Å². The molecule has 5 nitrogen and oxygen atoms in total. The van der Waals surface area contributed by atoms with Gasteiger partial charge in [-0.2, -0.15) is 0 Å². The van der Waals surface area contributed by atoms with Crippen LogP contribution in [0.1, 0.15) is 32.3 Å². The molecule has 0 bridgehead atoms. The van der Waals surface area contributed by atoms with Crippen molar-refractivity contribution >= 4 is 11.7 Å². The topological polar surface area (TPSA) is 48.5 Å². The van der Waals surface area contributed by atoms with E-state index in [-0.39, 0.29) is 5.91 Å². The lowest BCUT2D eigenvalue weighted by Crippen LogP contribution is -2.33. The maximum Gasteiger partial charge on any atom is 0.219 e. The lowest BCUT2D eigenvalue weighted by Gasteiger charge is -2.22. The van der Waals surface area contributed by atoms with Gasteiger partial charge >= 0.3 is 0 Å². The first kappa shape index (κ1) is 15.8. The number of carbonyl (C=O) groups is 1. The molecule has 1 aliphatic heterocycles. The molecule has 1 aromatic rings. The van der Waals surface area contributed by atoms with E-state index in [1.54, 1.807) is 6.92 Å². The summed E-state index contributed by atoms with van der Waals surface area (Å²) in [5, 5.41) is 3.39. The van der Waals surface area contributed by atoms with Crippen LogP contribution in [0.5, 0.6) is 0 Å². The Kier molecular flexibility index (Phi) is 5.99. The standard InChI is InChI=1S/C16H26N4O/c1-3-7-17-16-15(6-4-8-18-16)13-19-9-5-10-20(12-11-19)14(2)21/h4,6,8H,3,5,7,9-13H2,1-2H3,(H,17,18). The first-order valence-corrected chi connectivity index (χ1v) is 7.86. The molecule has 0 saturated carbocycles. The molecule has 0 aliphatic carbocycles. The van der Waals surface area contributed by atoms with Gasteiger partial charge in [-0.15, -0.1) is 0 Å². The minimum atomic E-state index is 0.184. The van der Waals surface area contributed by atoms with Crippen LogP contribution < -0.4 is 5.32 Å². The third-order valence-electron chi connectivity index (χ3n) is 3.86. The molecule has 0 unspecified atom stereocenters. The SMILES string of the molecule is CCCNc1ncccc1CN1CCCN(C(C)=O)CC1. The van der Waals surface area contributed by atoms with E-state index in [9.17, 15) is 4.79 Å². The highest BCUT2D eigenvalue weighted by Crippen LogP contribution is 2.15. The molecule has 1 saturated heterocycles. The molecule has 0 spiro atoms. The predicted octanol–water partition coefficient (Wildman–Crippen LogP) is 1.96. The quantitative estimate of drug-likeness (QED) is 0.900. The van der Waals surface area contributed by atoms with E-state index < -0.39 is 0 Å². The number of anilines is 1. The highest BCUT2D eigenvalue weighted by atomic mass is 16.2. The Balaban J connectivity index is 1.96. The second-order valence-corrected chi connectivity index (χ2v) is 5.57. The van der Waals surface area contributed by atoms with E-state index in [1.807, 2.05) is 17.2 Å². The Morgan fingerprint density at radius 3 is 2.95 bits per heavy atom. The monoisotopic (exact) mass is 290 g/mol. The van der Waals surface area contributed by atoms with Crippen molar-refractivity contribution in [2.24, 2.45) is 0 Å². The third kappa shape index (κ3) is 4.70. The molecule has 116 valence electrons. The van der Waals surface area contributed by atoms with E-state index in [1.165, 1.54) is 5.56 Å². The maximum atomic E-state index is 11.5. The summed E-state index contributed by atoms with van der Waals surface area (Å²) in [5.41, 5.74) is 1.24. The van der Waals surface area contributed by atoms with Gasteiger partial charge in [0, 0.05) is 58.0 Å². The van der Waals surface area contributed by atoms with Crippen LogP contribution in [0.4, 0.5) is 5.82 Å². The molecule has 21 heavy (non-hydrogen) atoms. The van der Waals surface area contributed by atoms with Crippen LogP contribution in [0.25, 0.3) is 0 Å². The van der Waals surface area contributed by atoms with Crippen molar-refractivity contribution in [3.8, 4) is 0 Å². The Morgan fingerprint density at radius 2 is 2.19 bits per heavy atom. The second-order valence-electron chi connectivity index (χ2n) is 5.57. The zero-order valence-corrected chi connectivity index (χ0v) is 13.1. The van der Waals surface area contributed by atoms with Gasteiger partial charge in [0.1, 0.15) is 5.82 Å².